The van der Waals surface area contributed by atoms with Gasteiger partial charge in [-0.1, -0.05) is 25.7 Å². The maximum absolute atomic E-state index is 11.0. The molecule has 0 bridgehead atoms. The first kappa shape index (κ1) is 14.6. The van der Waals surface area contributed by atoms with Crippen LogP contribution in [-0.4, -0.2) is 23.5 Å². The Bertz CT molecular complexity index is 458. The SMILES string of the molecule is CNc1ccc([N+](=O)[O-])c(NCCCC2CCCC2)n1. The summed E-state index contributed by atoms with van der Waals surface area (Å²) in [5.41, 5.74) is 0.0323. The molecular formula is C14H22N4O2. The maximum Gasteiger partial charge on any atom is 0.311 e. The molecule has 6 nitrogen and oxygen atoms in total. The van der Waals surface area contributed by atoms with E-state index >= 15 is 0 Å². The lowest BCUT2D eigenvalue weighted by atomic mass is 10.0. The molecule has 1 fully saturated rings. The zero-order valence-electron chi connectivity index (χ0n) is 11.9. The van der Waals surface area contributed by atoms with Gasteiger partial charge in [-0.05, 0) is 24.8 Å². The predicted octanol–water partition coefficient (Wildman–Crippen LogP) is 3.41. The van der Waals surface area contributed by atoms with E-state index in [4.69, 9.17) is 0 Å². The molecule has 1 aliphatic carbocycles. The van der Waals surface area contributed by atoms with Crippen molar-refractivity contribution in [2.45, 2.75) is 38.5 Å². The molecule has 0 atom stereocenters. The normalized spacial score (nSPS) is 15.2. The Hall–Kier alpha value is -1.85. The zero-order valence-corrected chi connectivity index (χ0v) is 11.9. The third kappa shape index (κ3) is 3.82. The lowest BCUT2D eigenvalue weighted by Gasteiger charge is -2.10. The molecule has 0 aromatic carbocycles. The van der Waals surface area contributed by atoms with Gasteiger partial charge in [0.2, 0.25) is 5.82 Å². The Kier molecular flexibility index (Phi) is 5.15. The summed E-state index contributed by atoms with van der Waals surface area (Å²) in [5, 5.41) is 17.0. The van der Waals surface area contributed by atoms with Crippen LogP contribution in [0.4, 0.5) is 17.3 Å². The van der Waals surface area contributed by atoms with Gasteiger partial charge >= 0.3 is 5.69 Å². The summed E-state index contributed by atoms with van der Waals surface area (Å²) in [7, 11) is 1.75. The number of nitrogens with one attached hydrogen (secondary N) is 2. The summed E-state index contributed by atoms with van der Waals surface area (Å²) in [6.07, 6.45) is 7.63. The van der Waals surface area contributed by atoms with E-state index in [0.717, 1.165) is 18.9 Å². The van der Waals surface area contributed by atoms with Crippen molar-refractivity contribution >= 4 is 17.3 Å². The number of rotatable bonds is 7. The second-order valence-corrected chi connectivity index (χ2v) is 5.29. The molecular weight excluding hydrogens is 256 g/mol. The third-order valence-electron chi connectivity index (χ3n) is 3.88. The van der Waals surface area contributed by atoms with Crippen LogP contribution in [0, 0.1) is 16.0 Å². The topological polar surface area (TPSA) is 80.1 Å². The van der Waals surface area contributed by atoms with Crippen molar-refractivity contribution in [3.8, 4) is 0 Å². The Labute approximate surface area is 119 Å². The van der Waals surface area contributed by atoms with E-state index in [-0.39, 0.29) is 5.69 Å². The van der Waals surface area contributed by atoms with Gasteiger partial charge in [-0.2, -0.15) is 0 Å². The maximum atomic E-state index is 11.0. The minimum absolute atomic E-state index is 0.0323. The van der Waals surface area contributed by atoms with Crippen molar-refractivity contribution in [1.29, 1.82) is 0 Å². The summed E-state index contributed by atoms with van der Waals surface area (Å²) >= 11 is 0. The van der Waals surface area contributed by atoms with Gasteiger partial charge in [0.05, 0.1) is 4.92 Å². The molecule has 0 radical (unpaired) electrons. The minimum Gasteiger partial charge on any atom is -0.373 e. The molecule has 0 spiro atoms. The van der Waals surface area contributed by atoms with Gasteiger partial charge in [0.1, 0.15) is 5.82 Å². The van der Waals surface area contributed by atoms with E-state index in [0.29, 0.717) is 11.6 Å². The summed E-state index contributed by atoms with van der Waals surface area (Å²) in [4.78, 5) is 14.8. The summed E-state index contributed by atoms with van der Waals surface area (Å²) in [6.45, 7) is 0.734. The van der Waals surface area contributed by atoms with Gasteiger partial charge < -0.3 is 10.6 Å². The second-order valence-electron chi connectivity index (χ2n) is 5.29. The molecule has 2 rings (SSSR count). The smallest absolute Gasteiger partial charge is 0.311 e. The van der Waals surface area contributed by atoms with Crippen LogP contribution in [0.2, 0.25) is 0 Å². The lowest BCUT2D eigenvalue weighted by Crippen LogP contribution is -2.08. The monoisotopic (exact) mass is 278 g/mol. The van der Waals surface area contributed by atoms with Crippen molar-refractivity contribution in [3.05, 3.63) is 22.2 Å². The number of hydrogen-bond acceptors (Lipinski definition) is 5. The lowest BCUT2D eigenvalue weighted by molar-refractivity contribution is -0.384. The standard InChI is InChI=1S/C14H22N4O2/c1-15-13-9-8-12(18(19)20)14(17-13)16-10-4-7-11-5-2-3-6-11/h8-9,11H,2-7,10H2,1H3,(H2,15,16,17). The highest BCUT2D eigenvalue weighted by atomic mass is 16.6. The number of nitrogens with zero attached hydrogens (tertiary/aromatic N) is 2. The molecule has 0 amide bonds. The van der Waals surface area contributed by atoms with E-state index in [2.05, 4.69) is 15.6 Å². The average molecular weight is 278 g/mol. The van der Waals surface area contributed by atoms with E-state index < -0.39 is 4.92 Å². The van der Waals surface area contributed by atoms with Gasteiger partial charge in [0, 0.05) is 19.7 Å². The molecule has 20 heavy (non-hydrogen) atoms. The van der Waals surface area contributed by atoms with Crippen LogP contribution in [0.1, 0.15) is 38.5 Å². The molecule has 0 aliphatic heterocycles. The highest BCUT2D eigenvalue weighted by molar-refractivity contribution is 5.60. The summed E-state index contributed by atoms with van der Waals surface area (Å²) < 4.78 is 0. The third-order valence-corrected chi connectivity index (χ3v) is 3.88. The molecule has 1 aromatic rings. The van der Waals surface area contributed by atoms with Gasteiger partial charge in [-0.3, -0.25) is 10.1 Å². The number of pyridine rings is 1. The number of nitro groups is 1. The predicted molar refractivity (Wildman–Crippen MR) is 80.1 cm³/mol. The Balaban J connectivity index is 1.88. The van der Waals surface area contributed by atoms with Crippen LogP contribution in [0.5, 0.6) is 0 Å². The van der Waals surface area contributed by atoms with Crippen molar-refractivity contribution in [2.24, 2.45) is 5.92 Å². The Morgan fingerprint density at radius 3 is 2.80 bits per heavy atom. The summed E-state index contributed by atoms with van der Waals surface area (Å²) in [6, 6.07) is 3.10. The molecule has 0 unspecified atom stereocenters. The van der Waals surface area contributed by atoms with Crippen LogP contribution in [0.25, 0.3) is 0 Å². The van der Waals surface area contributed by atoms with Crippen molar-refractivity contribution in [1.82, 2.24) is 4.98 Å². The summed E-state index contributed by atoms with van der Waals surface area (Å²) in [5.74, 6) is 1.84. The van der Waals surface area contributed by atoms with E-state index in [1.54, 1.807) is 13.1 Å². The first-order valence-electron chi connectivity index (χ1n) is 7.27. The molecule has 1 aromatic heterocycles. The molecule has 1 saturated carbocycles. The van der Waals surface area contributed by atoms with E-state index in [1.807, 2.05) is 0 Å². The van der Waals surface area contributed by atoms with Gasteiger partial charge in [-0.15, -0.1) is 0 Å². The minimum atomic E-state index is -0.397. The average Bonchev–Trinajstić information content (AvgIpc) is 2.96. The first-order chi connectivity index (χ1) is 9.70. The van der Waals surface area contributed by atoms with Crippen molar-refractivity contribution < 1.29 is 4.92 Å². The van der Waals surface area contributed by atoms with Crippen LogP contribution < -0.4 is 10.6 Å². The van der Waals surface area contributed by atoms with Gasteiger partial charge in [0.25, 0.3) is 0 Å². The van der Waals surface area contributed by atoms with Crippen LogP contribution in [-0.2, 0) is 0 Å². The highest BCUT2D eigenvalue weighted by Gasteiger charge is 2.17. The Morgan fingerprint density at radius 1 is 1.40 bits per heavy atom. The highest BCUT2D eigenvalue weighted by Crippen LogP contribution is 2.29. The van der Waals surface area contributed by atoms with Crippen LogP contribution >= 0.6 is 0 Å². The van der Waals surface area contributed by atoms with Crippen molar-refractivity contribution in [3.63, 3.8) is 0 Å². The van der Waals surface area contributed by atoms with Crippen molar-refractivity contribution in [2.75, 3.05) is 24.2 Å². The largest absolute Gasteiger partial charge is 0.373 e. The Morgan fingerprint density at radius 2 is 2.15 bits per heavy atom. The fraction of sp³-hybridized carbons (Fsp3) is 0.643. The van der Waals surface area contributed by atoms with E-state index in [9.17, 15) is 10.1 Å². The first-order valence-corrected chi connectivity index (χ1v) is 7.27. The van der Waals surface area contributed by atoms with Crippen LogP contribution in [0.3, 0.4) is 0 Å². The fourth-order valence-electron chi connectivity index (χ4n) is 2.77. The van der Waals surface area contributed by atoms with Gasteiger partial charge in [-0.25, -0.2) is 4.98 Å². The molecule has 6 heteroatoms. The quantitative estimate of drug-likeness (QED) is 0.454. The molecule has 2 N–H and O–H groups in total. The molecule has 1 heterocycles. The zero-order chi connectivity index (χ0) is 14.4. The number of aromatic nitrogens is 1. The number of anilines is 2. The fourth-order valence-corrected chi connectivity index (χ4v) is 2.77. The van der Waals surface area contributed by atoms with Gasteiger partial charge in [0.15, 0.2) is 0 Å². The molecule has 0 saturated heterocycles. The second kappa shape index (κ2) is 7.07. The molecule has 1 aliphatic rings. The number of hydrogen-bond donors (Lipinski definition) is 2. The molecule has 110 valence electrons. The van der Waals surface area contributed by atoms with Crippen LogP contribution in [0.15, 0.2) is 12.1 Å². The van der Waals surface area contributed by atoms with E-state index in [1.165, 1.54) is 38.2 Å².